The second-order valence-corrected chi connectivity index (χ2v) is 8.81. The molecule has 2 amide bonds. The Bertz CT molecular complexity index is 874. The molecule has 2 heterocycles. The second kappa shape index (κ2) is 6.97. The number of carbonyl (C=O) groups excluding carboxylic acids is 2. The summed E-state index contributed by atoms with van der Waals surface area (Å²) in [5, 5.41) is 4.82. The molecule has 1 aromatic carbocycles. The van der Waals surface area contributed by atoms with Gasteiger partial charge in [0.15, 0.2) is 0 Å². The minimum absolute atomic E-state index is 0.184. The van der Waals surface area contributed by atoms with Gasteiger partial charge in [-0.25, -0.2) is 12.7 Å². The Labute approximate surface area is 150 Å². The number of rotatable bonds is 5. The first kappa shape index (κ1) is 17.6. The lowest BCUT2D eigenvalue weighted by atomic mass is 10.1. The minimum atomic E-state index is -3.63. The van der Waals surface area contributed by atoms with Gasteiger partial charge in [0.25, 0.3) is 5.91 Å². The van der Waals surface area contributed by atoms with E-state index in [1.54, 1.807) is 18.3 Å². The van der Waals surface area contributed by atoms with Crippen LogP contribution in [0.25, 0.3) is 0 Å². The monoisotopic (exact) mass is 378 g/mol. The summed E-state index contributed by atoms with van der Waals surface area (Å²) in [5.74, 6) is -1.40. The first-order valence-electron chi connectivity index (χ1n) is 7.86. The number of nitrogens with zero attached hydrogens (tertiary/aromatic N) is 1. The first-order valence-corrected chi connectivity index (χ1v) is 10.3. The molecule has 3 rings (SSSR count). The van der Waals surface area contributed by atoms with Gasteiger partial charge in [0.2, 0.25) is 15.9 Å². The molecule has 8 heteroatoms. The summed E-state index contributed by atoms with van der Waals surface area (Å²) in [5.41, 5.74) is 0.691. The number of hydrogen-bond donors (Lipinski definition) is 1. The van der Waals surface area contributed by atoms with Gasteiger partial charge >= 0.3 is 0 Å². The Morgan fingerprint density at radius 1 is 1.28 bits per heavy atom. The molecule has 1 fully saturated rings. The summed E-state index contributed by atoms with van der Waals surface area (Å²) in [4.78, 5) is 25.4. The standard InChI is InChI=1S/C17H18N2O4S2/c1-12-11-25(22,23)19(17(12)21)14-6-4-13(5-7-14)16(20)18-9-8-15-3-2-10-24-15/h2-7,10,12H,8-9,11H2,1H3,(H,18,20)/t12-/m1/s1. The van der Waals surface area contributed by atoms with E-state index in [2.05, 4.69) is 5.32 Å². The van der Waals surface area contributed by atoms with Crippen LogP contribution in [0.5, 0.6) is 0 Å². The van der Waals surface area contributed by atoms with Crippen molar-refractivity contribution in [3.8, 4) is 0 Å². The molecular formula is C17H18N2O4S2. The number of sulfonamides is 1. The number of amides is 2. The van der Waals surface area contributed by atoms with Crippen molar-refractivity contribution in [2.45, 2.75) is 13.3 Å². The lowest BCUT2D eigenvalue weighted by Gasteiger charge is -2.15. The molecular weight excluding hydrogens is 360 g/mol. The van der Waals surface area contributed by atoms with Crippen LogP contribution in [0.2, 0.25) is 0 Å². The predicted molar refractivity (Wildman–Crippen MR) is 97.2 cm³/mol. The van der Waals surface area contributed by atoms with E-state index in [-0.39, 0.29) is 17.3 Å². The van der Waals surface area contributed by atoms with Gasteiger partial charge in [-0.2, -0.15) is 0 Å². The van der Waals surface area contributed by atoms with Crippen LogP contribution in [0.15, 0.2) is 41.8 Å². The molecule has 0 unspecified atom stereocenters. The Kier molecular flexibility index (Phi) is 4.91. The van der Waals surface area contributed by atoms with Gasteiger partial charge in [-0.3, -0.25) is 9.59 Å². The number of benzene rings is 1. The van der Waals surface area contributed by atoms with E-state index in [0.29, 0.717) is 12.1 Å². The molecule has 0 aliphatic carbocycles. The zero-order valence-corrected chi connectivity index (χ0v) is 15.3. The molecule has 0 radical (unpaired) electrons. The topological polar surface area (TPSA) is 83.6 Å². The average Bonchev–Trinajstić information content (AvgIpc) is 3.14. The summed E-state index contributed by atoms with van der Waals surface area (Å²) >= 11 is 1.64. The zero-order valence-electron chi connectivity index (χ0n) is 13.6. The molecule has 1 aromatic heterocycles. The highest BCUT2D eigenvalue weighted by Gasteiger charge is 2.41. The molecule has 1 atom stereocenters. The van der Waals surface area contributed by atoms with E-state index in [1.165, 1.54) is 29.1 Å². The highest BCUT2D eigenvalue weighted by molar-refractivity contribution is 7.94. The summed E-state index contributed by atoms with van der Waals surface area (Å²) in [6.07, 6.45) is 0.764. The van der Waals surface area contributed by atoms with Crippen molar-refractivity contribution < 1.29 is 18.0 Å². The molecule has 2 aromatic rings. The van der Waals surface area contributed by atoms with Gasteiger partial charge in [0.05, 0.1) is 17.4 Å². The quantitative estimate of drug-likeness (QED) is 0.863. The van der Waals surface area contributed by atoms with Gasteiger partial charge in [-0.15, -0.1) is 11.3 Å². The fourth-order valence-corrected chi connectivity index (χ4v) is 5.22. The second-order valence-electron chi connectivity index (χ2n) is 5.91. The zero-order chi connectivity index (χ0) is 18.0. The van der Waals surface area contributed by atoms with Crippen LogP contribution in [0.3, 0.4) is 0 Å². The number of nitrogens with one attached hydrogen (secondary N) is 1. The molecule has 132 valence electrons. The van der Waals surface area contributed by atoms with Gasteiger partial charge < -0.3 is 5.32 Å². The number of carbonyl (C=O) groups is 2. The van der Waals surface area contributed by atoms with Gasteiger partial charge in [0.1, 0.15) is 0 Å². The number of thiophene rings is 1. The van der Waals surface area contributed by atoms with Crippen molar-refractivity contribution >= 4 is 38.9 Å². The number of hydrogen-bond acceptors (Lipinski definition) is 5. The molecule has 0 saturated carbocycles. The van der Waals surface area contributed by atoms with Crippen LogP contribution in [-0.4, -0.2) is 32.5 Å². The Morgan fingerprint density at radius 2 is 2.00 bits per heavy atom. The van der Waals surface area contributed by atoms with E-state index in [1.807, 2.05) is 17.5 Å². The van der Waals surface area contributed by atoms with Crippen molar-refractivity contribution in [2.75, 3.05) is 16.6 Å². The SMILES string of the molecule is C[C@@H]1CS(=O)(=O)N(c2ccc(C(=O)NCCc3cccs3)cc2)C1=O. The molecule has 1 saturated heterocycles. The highest BCUT2D eigenvalue weighted by Crippen LogP contribution is 2.28. The fourth-order valence-electron chi connectivity index (χ4n) is 2.69. The predicted octanol–water partition coefficient (Wildman–Crippen LogP) is 2.03. The number of anilines is 1. The molecule has 0 bridgehead atoms. The van der Waals surface area contributed by atoms with E-state index in [4.69, 9.17) is 0 Å². The maximum Gasteiger partial charge on any atom is 0.251 e. The Balaban J connectivity index is 1.65. The lowest BCUT2D eigenvalue weighted by Crippen LogP contribution is -2.30. The van der Waals surface area contributed by atoms with E-state index in [9.17, 15) is 18.0 Å². The van der Waals surface area contributed by atoms with Crippen LogP contribution in [0.1, 0.15) is 22.2 Å². The maximum atomic E-state index is 12.1. The highest BCUT2D eigenvalue weighted by atomic mass is 32.2. The van der Waals surface area contributed by atoms with Crippen LogP contribution in [-0.2, 0) is 21.2 Å². The summed E-state index contributed by atoms with van der Waals surface area (Å²) in [7, 11) is -3.63. The van der Waals surface area contributed by atoms with Crippen molar-refractivity contribution in [1.82, 2.24) is 5.32 Å². The van der Waals surface area contributed by atoms with Crippen LogP contribution < -0.4 is 9.62 Å². The Hall–Kier alpha value is -2.19. The van der Waals surface area contributed by atoms with Crippen LogP contribution >= 0.6 is 11.3 Å². The third-order valence-corrected chi connectivity index (χ3v) is 6.77. The fraction of sp³-hybridized carbons (Fsp3) is 0.294. The maximum absolute atomic E-state index is 12.1. The normalized spacial score (nSPS) is 19.2. The third kappa shape index (κ3) is 3.74. The Morgan fingerprint density at radius 3 is 2.56 bits per heavy atom. The average molecular weight is 378 g/mol. The molecule has 1 aliphatic rings. The van der Waals surface area contributed by atoms with Crippen molar-refractivity contribution in [3.05, 3.63) is 52.2 Å². The summed E-state index contributed by atoms with van der Waals surface area (Å²) in [6, 6.07) is 10.0. The van der Waals surface area contributed by atoms with E-state index < -0.39 is 21.8 Å². The lowest BCUT2D eigenvalue weighted by molar-refractivity contribution is -0.119. The van der Waals surface area contributed by atoms with Crippen molar-refractivity contribution in [1.29, 1.82) is 0 Å². The van der Waals surface area contributed by atoms with Crippen molar-refractivity contribution in [2.24, 2.45) is 5.92 Å². The van der Waals surface area contributed by atoms with Crippen LogP contribution in [0, 0.1) is 5.92 Å². The summed E-state index contributed by atoms with van der Waals surface area (Å²) < 4.78 is 25.0. The molecule has 0 spiro atoms. The first-order chi connectivity index (χ1) is 11.9. The minimum Gasteiger partial charge on any atom is -0.352 e. The van der Waals surface area contributed by atoms with Crippen molar-refractivity contribution in [3.63, 3.8) is 0 Å². The van der Waals surface area contributed by atoms with Crippen LogP contribution in [0.4, 0.5) is 5.69 Å². The smallest absolute Gasteiger partial charge is 0.251 e. The molecule has 25 heavy (non-hydrogen) atoms. The molecule has 6 nitrogen and oxygen atoms in total. The van der Waals surface area contributed by atoms with E-state index in [0.717, 1.165) is 10.7 Å². The van der Waals surface area contributed by atoms with Gasteiger partial charge in [-0.05, 0) is 42.1 Å². The van der Waals surface area contributed by atoms with E-state index >= 15 is 0 Å². The molecule has 1 aliphatic heterocycles. The largest absolute Gasteiger partial charge is 0.352 e. The third-order valence-electron chi connectivity index (χ3n) is 3.96. The molecule has 1 N–H and O–H groups in total. The van der Waals surface area contributed by atoms with Gasteiger partial charge in [0, 0.05) is 17.0 Å². The summed E-state index contributed by atoms with van der Waals surface area (Å²) in [6.45, 7) is 2.12. The van der Waals surface area contributed by atoms with Gasteiger partial charge in [-0.1, -0.05) is 13.0 Å².